The maximum atomic E-state index is 12.2. The zero-order chi connectivity index (χ0) is 14.6. The lowest BCUT2D eigenvalue weighted by Gasteiger charge is -2.08. The second-order valence-electron chi connectivity index (χ2n) is 4.66. The summed E-state index contributed by atoms with van der Waals surface area (Å²) in [7, 11) is -3.51. The Balaban J connectivity index is 2.12. The maximum Gasteiger partial charge on any atom is 0.240 e. The quantitative estimate of drug-likeness (QED) is 0.884. The summed E-state index contributed by atoms with van der Waals surface area (Å²) in [5, 5.41) is 0. The fraction of sp³-hybridized carbons (Fsp3) is 0.200. The molecule has 0 aliphatic rings. The van der Waals surface area contributed by atoms with Gasteiger partial charge in [-0.2, -0.15) is 0 Å². The van der Waals surface area contributed by atoms with Crippen LogP contribution in [0.3, 0.4) is 0 Å². The molecule has 0 bridgehead atoms. The predicted molar refractivity (Wildman–Crippen MR) is 79.5 cm³/mol. The molecule has 0 saturated heterocycles. The van der Waals surface area contributed by atoms with Gasteiger partial charge in [0.05, 0.1) is 4.90 Å². The van der Waals surface area contributed by atoms with Gasteiger partial charge in [-0.05, 0) is 30.2 Å². The van der Waals surface area contributed by atoms with Crippen molar-refractivity contribution in [3.8, 4) is 0 Å². The van der Waals surface area contributed by atoms with E-state index in [2.05, 4.69) is 4.72 Å². The van der Waals surface area contributed by atoms with Crippen LogP contribution in [0, 0.1) is 6.92 Å². The topological polar surface area (TPSA) is 72.2 Å². The molecule has 0 saturated carbocycles. The van der Waals surface area contributed by atoms with Crippen LogP contribution in [0.2, 0.25) is 0 Å². The third kappa shape index (κ3) is 3.66. The highest BCUT2D eigenvalue weighted by Gasteiger charge is 2.13. The molecule has 2 rings (SSSR count). The summed E-state index contributed by atoms with van der Waals surface area (Å²) < 4.78 is 27.0. The fourth-order valence-electron chi connectivity index (χ4n) is 1.81. The largest absolute Gasteiger partial charge is 0.326 e. The minimum absolute atomic E-state index is 0.243. The molecule has 0 fully saturated rings. The Morgan fingerprint density at radius 2 is 1.75 bits per heavy atom. The predicted octanol–water partition coefficient (Wildman–Crippen LogP) is 1.93. The van der Waals surface area contributed by atoms with E-state index in [-0.39, 0.29) is 11.4 Å². The van der Waals surface area contributed by atoms with Crippen molar-refractivity contribution in [3.63, 3.8) is 0 Å². The van der Waals surface area contributed by atoms with Crippen LogP contribution < -0.4 is 10.5 Å². The molecule has 3 N–H and O–H groups in total. The Hall–Kier alpha value is -1.69. The molecule has 0 radical (unpaired) electrons. The van der Waals surface area contributed by atoms with Crippen molar-refractivity contribution in [2.75, 3.05) is 0 Å². The Kier molecular flexibility index (Phi) is 4.54. The SMILES string of the molecule is Cc1ccc(CNS(=O)(=O)c2cccc(CN)c2)cc1. The lowest BCUT2D eigenvalue weighted by atomic mass is 10.2. The Morgan fingerprint density at radius 1 is 1.05 bits per heavy atom. The fourth-order valence-corrected chi connectivity index (χ4v) is 2.89. The van der Waals surface area contributed by atoms with Crippen LogP contribution in [0.15, 0.2) is 53.4 Å². The third-order valence-corrected chi connectivity index (χ3v) is 4.43. The lowest BCUT2D eigenvalue weighted by Crippen LogP contribution is -2.23. The monoisotopic (exact) mass is 290 g/mol. The van der Waals surface area contributed by atoms with Crippen LogP contribution in [0.5, 0.6) is 0 Å². The Labute approximate surface area is 119 Å². The molecule has 2 aromatic rings. The number of hydrogen-bond donors (Lipinski definition) is 2. The smallest absolute Gasteiger partial charge is 0.240 e. The molecular formula is C15H18N2O2S. The molecule has 0 aliphatic heterocycles. The number of nitrogens with one attached hydrogen (secondary N) is 1. The van der Waals surface area contributed by atoms with Crippen LogP contribution in [0.4, 0.5) is 0 Å². The lowest BCUT2D eigenvalue weighted by molar-refractivity contribution is 0.581. The number of rotatable bonds is 5. The first-order valence-corrected chi connectivity index (χ1v) is 7.84. The minimum atomic E-state index is -3.51. The highest BCUT2D eigenvalue weighted by molar-refractivity contribution is 7.89. The number of nitrogens with two attached hydrogens (primary N) is 1. The Morgan fingerprint density at radius 3 is 2.40 bits per heavy atom. The van der Waals surface area contributed by atoms with Gasteiger partial charge >= 0.3 is 0 Å². The van der Waals surface area contributed by atoms with Gasteiger partial charge in [-0.15, -0.1) is 0 Å². The van der Waals surface area contributed by atoms with E-state index < -0.39 is 10.0 Å². The summed E-state index contributed by atoms with van der Waals surface area (Å²) in [4.78, 5) is 0.243. The molecule has 5 heteroatoms. The summed E-state index contributed by atoms with van der Waals surface area (Å²) in [6.07, 6.45) is 0. The van der Waals surface area contributed by atoms with Crippen LogP contribution in [0.25, 0.3) is 0 Å². The Bertz CT molecular complexity index is 679. The molecule has 2 aromatic carbocycles. The van der Waals surface area contributed by atoms with Gasteiger partial charge in [-0.25, -0.2) is 13.1 Å². The highest BCUT2D eigenvalue weighted by atomic mass is 32.2. The van der Waals surface area contributed by atoms with Crippen LogP contribution in [-0.2, 0) is 23.1 Å². The summed E-state index contributed by atoms with van der Waals surface area (Å²) in [6.45, 7) is 2.59. The van der Waals surface area contributed by atoms with E-state index >= 15 is 0 Å². The first kappa shape index (κ1) is 14.7. The maximum absolute atomic E-state index is 12.2. The average molecular weight is 290 g/mol. The second-order valence-corrected chi connectivity index (χ2v) is 6.43. The van der Waals surface area contributed by atoms with Crippen molar-refractivity contribution in [2.45, 2.75) is 24.9 Å². The van der Waals surface area contributed by atoms with Crippen molar-refractivity contribution in [1.82, 2.24) is 4.72 Å². The summed E-state index contributed by atoms with van der Waals surface area (Å²) in [6, 6.07) is 14.4. The molecule has 0 spiro atoms. The normalized spacial score (nSPS) is 11.5. The van der Waals surface area contributed by atoms with Gasteiger partial charge in [-0.3, -0.25) is 0 Å². The first-order valence-electron chi connectivity index (χ1n) is 6.35. The zero-order valence-electron chi connectivity index (χ0n) is 11.3. The van der Waals surface area contributed by atoms with Crippen molar-refractivity contribution >= 4 is 10.0 Å². The van der Waals surface area contributed by atoms with E-state index in [1.165, 1.54) is 0 Å². The van der Waals surface area contributed by atoms with Crippen molar-refractivity contribution in [1.29, 1.82) is 0 Å². The molecular weight excluding hydrogens is 272 g/mol. The van der Waals surface area contributed by atoms with Crippen molar-refractivity contribution < 1.29 is 8.42 Å². The van der Waals surface area contributed by atoms with Crippen LogP contribution in [-0.4, -0.2) is 8.42 Å². The summed E-state index contributed by atoms with van der Waals surface area (Å²) >= 11 is 0. The molecule has 0 heterocycles. The second kappa shape index (κ2) is 6.17. The van der Waals surface area contributed by atoms with Gasteiger partial charge in [0.1, 0.15) is 0 Å². The van der Waals surface area contributed by atoms with Gasteiger partial charge in [-0.1, -0.05) is 42.0 Å². The van der Waals surface area contributed by atoms with Crippen molar-refractivity contribution in [2.24, 2.45) is 5.73 Å². The standard InChI is InChI=1S/C15H18N2O2S/c1-12-5-7-13(8-6-12)11-17-20(18,19)15-4-2-3-14(9-15)10-16/h2-9,17H,10-11,16H2,1H3. The minimum Gasteiger partial charge on any atom is -0.326 e. The highest BCUT2D eigenvalue weighted by Crippen LogP contribution is 2.12. The number of benzene rings is 2. The van der Waals surface area contributed by atoms with E-state index in [1.54, 1.807) is 24.3 Å². The van der Waals surface area contributed by atoms with Gasteiger partial charge in [0, 0.05) is 13.1 Å². The average Bonchev–Trinajstić information content (AvgIpc) is 2.47. The van der Waals surface area contributed by atoms with Gasteiger partial charge in [0.25, 0.3) is 0 Å². The number of hydrogen-bond acceptors (Lipinski definition) is 3. The summed E-state index contributed by atoms with van der Waals surface area (Å²) in [5.74, 6) is 0. The van der Waals surface area contributed by atoms with E-state index in [1.807, 2.05) is 31.2 Å². The number of sulfonamides is 1. The van der Waals surface area contributed by atoms with Gasteiger partial charge < -0.3 is 5.73 Å². The molecule has 20 heavy (non-hydrogen) atoms. The molecule has 4 nitrogen and oxygen atoms in total. The number of aryl methyl sites for hydroxylation is 1. The molecule has 0 aliphatic carbocycles. The molecule has 106 valence electrons. The van der Waals surface area contributed by atoms with Crippen LogP contribution >= 0.6 is 0 Å². The van der Waals surface area contributed by atoms with E-state index in [9.17, 15) is 8.42 Å². The van der Waals surface area contributed by atoms with E-state index in [4.69, 9.17) is 5.73 Å². The molecule has 0 unspecified atom stereocenters. The van der Waals surface area contributed by atoms with E-state index in [0.29, 0.717) is 6.54 Å². The van der Waals surface area contributed by atoms with Gasteiger partial charge in [0.2, 0.25) is 10.0 Å². The van der Waals surface area contributed by atoms with E-state index in [0.717, 1.165) is 16.7 Å². The van der Waals surface area contributed by atoms with Gasteiger partial charge in [0.15, 0.2) is 0 Å². The summed E-state index contributed by atoms with van der Waals surface area (Å²) in [5.41, 5.74) is 8.39. The van der Waals surface area contributed by atoms with Crippen molar-refractivity contribution in [3.05, 3.63) is 65.2 Å². The molecule has 0 amide bonds. The van der Waals surface area contributed by atoms with Crippen LogP contribution in [0.1, 0.15) is 16.7 Å². The first-order chi connectivity index (χ1) is 9.51. The molecule has 0 atom stereocenters. The zero-order valence-corrected chi connectivity index (χ0v) is 12.2. The molecule has 0 aromatic heterocycles. The third-order valence-electron chi connectivity index (χ3n) is 3.03.